The molecule has 2 atom stereocenters. The van der Waals surface area contributed by atoms with Gasteiger partial charge in [-0.15, -0.1) is 0 Å². The molecule has 29 heavy (non-hydrogen) atoms. The van der Waals surface area contributed by atoms with Crippen LogP contribution in [0.4, 0.5) is 10.1 Å². The molecule has 2 aliphatic rings. The fourth-order valence-electron chi connectivity index (χ4n) is 3.62. The Morgan fingerprint density at radius 3 is 2.69 bits per heavy atom. The second-order valence-corrected chi connectivity index (χ2v) is 10.7. The summed E-state index contributed by atoms with van der Waals surface area (Å²) in [6, 6.07) is 11.8. The molecule has 0 bridgehead atoms. The van der Waals surface area contributed by atoms with Crippen molar-refractivity contribution in [3.05, 3.63) is 58.9 Å². The van der Waals surface area contributed by atoms with Crippen LogP contribution < -0.4 is 9.64 Å². The van der Waals surface area contributed by atoms with Crippen LogP contribution in [0.2, 0.25) is 5.02 Å². The number of hydrogen-bond acceptors (Lipinski definition) is 6. The molecule has 0 aliphatic carbocycles. The highest BCUT2D eigenvalue weighted by molar-refractivity contribution is 8.14. The number of ether oxygens (including phenoxy) is 1. The zero-order valence-corrected chi connectivity index (χ0v) is 18.1. The van der Waals surface area contributed by atoms with Crippen LogP contribution in [0, 0.1) is 5.82 Å². The third-order valence-corrected chi connectivity index (χ3v) is 8.03. The molecule has 1 saturated heterocycles. The van der Waals surface area contributed by atoms with Crippen LogP contribution in [-0.2, 0) is 16.3 Å². The Kier molecular flexibility index (Phi) is 5.77. The summed E-state index contributed by atoms with van der Waals surface area (Å²) in [5, 5.41) is 0.764. The molecule has 2 aromatic rings. The van der Waals surface area contributed by atoms with Crippen molar-refractivity contribution in [3.63, 3.8) is 0 Å². The average Bonchev–Trinajstić information content (AvgIpc) is 3.15. The van der Waals surface area contributed by atoms with Gasteiger partial charge in [0.05, 0.1) is 35.7 Å². The Morgan fingerprint density at radius 1 is 1.24 bits per heavy atom. The van der Waals surface area contributed by atoms with E-state index >= 15 is 0 Å². The normalized spacial score (nSPS) is 22.4. The van der Waals surface area contributed by atoms with E-state index in [1.165, 1.54) is 17.7 Å². The van der Waals surface area contributed by atoms with Gasteiger partial charge in [0.15, 0.2) is 15.0 Å². The minimum absolute atomic E-state index is 0.00869. The van der Waals surface area contributed by atoms with Gasteiger partial charge in [0, 0.05) is 11.4 Å². The Labute approximate surface area is 178 Å². The van der Waals surface area contributed by atoms with Gasteiger partial charge in [-0.2, -0.15) is 0 Å². The molecule has 0 N–H and O–H groups in total. The van der Waals surface area contributed by atoms with E-state index in [1.54, 1.807) is 24.9 Å². The minimum Gasteiger partial charge on any atom is -0.497 e. The van der Waals surface area contributed by atoms with Crippen molar-refractivity contribution in [2.24, 2.45) is 4.99 Å². The van der Waals surface area contributed by atoms with Gasteiger partial charge in [-0.25, -0.2) is 12.8 Å². The van der Waals surface area contributed by atoms with Crippen LogP contribution in [-0.4, -0.2) is 50.0 Å². The van der Waals surface area contributed by atoms with Crippen molar-refractivity contribution in [2.75, 3.05) is 29.3 Å². The Bertz CT molecular complexity index is 1040. The monoisotopic (exact) mass is 454 g/mol. The molecule has 1 fully saturated rings. The predicted molar refractivity (Wildman–Crippen MR) is 117 cm³/mol. The first kappa shape index (κ1) is 20.5. The molecule has 0 saturated carbocycles. The van der Waals surface area contributed by atoms with Gasteiger partial charge in [0.2, 0.25) is 0 Å². The summed E-state index contributed by atoms with van der Waals surface area (Å²) in [6.45, 7) is 0. The predicted octanol–water partition coefficient (Wildman–Crippen LogP) is 3.81. The molecule has 0 amide bonds. The highest BCUT2D eigenvalue weighted by Crippen LogP contribution is 2.36. The quantitative estimate of drug-likeness (QED) is 0.687. The number of hydrogen-bond donors (Lipinski definition) is 0. The molecular weight excluding hydrogens is 435 g/mol. The SMILES string of the molecule is COc1ccc(CCSC2=N[C@H]3CS(=O)(=O)C[C@H]3N2c2ccc(F)c(Cl)c2)cc1. The summed E-state index contributed by atoms with van der Waals surface area (Å²) >= 11 is 7.54. The largest absolute Gasteiger partial charge is 0.497 e. The van der Waals surface area contributed by atoms with E-state index < -0.39 is 15.7 Å². The number of aliphatic imine (C=N–C) groups is 1. The summed E-state index contributed by atoms with van der Waals surface area (Å²) in [4.78, 5) is 6.59. The summed E-state index contributed by atoms with van der Waals surface area (Å²) < 4.78 is 43.0. The molecule has 4 rings (SSSR count). The number of nitrogens with zero attached hydrogens (tertiary/aromatic N) is 2. The number of anilines is 1. The smallest absolute Gasteiger partial charge is 0.164 e. The molecule has 0 radical (unpaired) electrons. The number of aryl methyl sites for hydroxylation is 1. The van der Waals surface area contributed by atoms with E-state index in [0.717, 1.165) is 23.1 Å². The molecular formula is C20H20ClFN2O3S2. The zero-order valence-electron chi connectivity index (χ0n) is 15.7. The van der Waals surface area contributed by atoms with Gasteiger partial charge in [-0.1, -0.05) is 35.5 Å². The van der Waals surface area contributed by atoms with Gasteiger partial charge >= 0.3 is 0 Å². The van der Waals surface area contributed by atoms with Gasteiger partial charge in [0.1, 0.15) is 11.6 Å². The lowest BCUT2D eigenvalue weighted by molar-refractivity contribution is 0.414. The van der Waals surface area contributed by atoms with E-state index in [2.05, 4.69) is 4.99 Å². The molecule has 5 nitrogen and oxygen atoms in total. The third kappa shape index (κ3) is 4.39. The number of rotatable bonds is 5. The average molecular weight is 455 g/mol. The molecule has 0 unspecified atom stereocenters. The molecule has 0 aromatic heterocycles. The highest BCUT2D eigenvalue weighted by atomic mass is 35.5. The summed E-state index contributed by atoms with van der Waals surface area (Å²) in [7, 11) is -1.50. The van der Waals surface area contributed by atoms with Crippen LogP contribution >= 0.6 is 23.4 Å². The van der Waals surface area contributed by atoms with E-state index in [1.807, 2.05) is 29.2 Å². The maximum Gasteiger partial charge on any atom is 0.164 e. The second kappa shape index (κ2) is 8.16. The number of amidine groups is 1. The summed E-state index contributed by atoms with van der Waals surface area (Å²) in [5.74, 6) is 1.18. The van der Waals surface area contributed by atoms with Crippen LogP contribution in [0.1, 0.15) is 5.56 Å². The minimum atomic E-state index is -3.14. The second-order valence-electron chi connectivity index (χ2n) is 7.04. The molecule has 9 heteroatoms. The fraction of sp³-hybridized carbons (Fsp3) is 0.350. The van der Waals surface area contributed by atoms with Crippen molar-refractivity contribution < 1.29 is 17.5 Å². The molecule has 154 valence electrons. The number of methoxy groups -OCH3 is 1. The Hall–Kier alpha value is -1.77. The maximum absolute atomic E-state index is 13.6. The van der Waals surface area contributed by atoms with E-state index in [0.29, 0.717) is 5.69 Å². The number of thioether (sulfide) groups is 1. The maximum atomic E-state index is 13.6. The lowest BCUT2D eigenvalue weighted by Crippen LogP contribution is -2.39. The third-order valence-electron chi connectivity index (χ3n) is 5.07. The van der Waals surface area contributed by atoms with Gasteiger partial charge in [0.25, 0.3) is 0 Å². The Balaban J connectivity index is 1.52. The lowest BCUT2D eigenvalue weighted by Gasteiger charge is -2.26. The van der Waals surface area contributed by atoms with Gasteiger partial charge < -0.3 is 9.64 Å². The van der Waals surface area contributed by atoms with Crippen LogP contribution in [0.5, 0.6) is 5.75 Å². The van der Waals surface area contributed by atoms with Gasteiger partial charge in [-0.3, -0.25) is 4.99 Å². The topological polar surface area (TPSA) is 59.0 Å². The standard InChI is InChI=1S/C20H20ClFN2O3S2/c1-27-15-5-2-13(3-6-15)8-9-28-20-23-18-11-29(25,26)12-19(18)24(20)14-4-7-17(22)16(21)10-14/h2-7,10,18-19H,8-9,11-12H2,1H3/t18-,19+/m0/s1. The number of fused-ring (bicyclic) bond motifs is 1. The first-order chi connectivity index (χ1) is 13.9. The van der Waals surface area contributed by atoms with Crippen molar-refractivity contribution in [1.29, 1.82) is 0 Å². The molecule has 2 aliphatic heterocycles. The number of sulfone groups is 1. The Morgan fingerprint density at radius 2 is 2.00 bits per heavy atom. The van der Waals surface area contributed by atoms with Crippen molar-refractivity contribution in [3.8, 4) is 5.75 Å². The zero-order chi connectivity index (χ0) is 20.6. The summed E-state index contributed by atoms with van der Waals surface area (Å²) in [5.41, 5.74) is 1.84. The van der Waals surface area contributed by atoms with Crippen LogP contribution in [0.25, 0.3) is 0 Å². The van der Waals surface area contributed by atoms with E-state index in [-0.39, 0.29) is 28.6 Å². The first-order valence-corrected chi connectivity index (χ1v) is 12.3. The highest BCUT2D eigenvalue weighted by Gasteiger charge is 2.47. The summed E-state index contributed by atoms with van der Waals surface area (Å²) in [6.07, 6.45) is 0.833. The van der Waals surface area contributed by atoms with Crippen molar-refractivity contribution >= 4 is 44.1 Å². The van der Waals surface area contributed by atoms with Crippen molar-refractivity contribution in [2.45, 2.75) is 18.5 Å². The van der Waals surface area contributed by atoms with Crippen LogP contribution in [0.15, 0.2) is 47.5 Å². The first-order valence-electron chi connectivity index (χ1n) is 9.14. The molecule has 2 heterocycles. The fourth-order valence-corrected chi connectivity index (χ4v) is 6.75. The van der Waals surface area contributed by atoms with Gasteiger partial charge in [-0.05, 0) is 42.3 Å². The number of halogens is 2. The van der Waals surface area contributed by atoms with E-state index in [4.69, 9.17) is 16.3 Å². The van der Waals surface area contributed by atoms with E-state index in [9.17, 15) is 12.8 Å². The lowest BCUT2D eigenvalue weighted by atomic mass is 10.1. The molecule has 2 aromatic carbocycles. The van der Waals surface area contributed by atoms with Crippen LogP contribution in [0.3, 0.4) is 0 Å². The number of benzene rings is 2. The van der Waals surface area contributed by atoms with Crippen molar-refractivity contribution in [1.82, 2.24) is 0 Å². The molecule has 0 spiro atoms.